The van der Waals surface area contributed by atoms with Crippen molar-refractivity contribution in [3.05, 3.63) is 145 Å². The van der Waals surface area contributed by atoms with E-state index in [2.05, 4.69) is 12.6 Å². The van der Waals surface area contributed by atoms with E-state index in [4.69, 9.17) is 33.8 Å². The van der Waals surface area contributed by atoms with E-state index < -0.39 is 239 Å². The van der Waals surface area contributed by atoms with Gasteiger partial charge in [-0.2, -0.15) is 0 Å². The normalized spacial score (nSPS) is 19.4. The summed E-state index contributed by atoms with van der Waals surface area (Å²) in [5.41, 5.74) is -5.70. The number of ether oxygens (including phenoxy) is 1. The van der Waals surface area contributed by atoms with Crippen LogP contribution < -0.4 is 15.7 Å². The van der Waals surface area contributed by atoms with E-state index in [0.717, 1.165) is 11.8 Å². The van der Waals surface area contributed by atoms with Gasteiger partial charge in [-0.15, -0.1) is 12.6 Å². The van der Waals surface area contributed by atoms with Crippen LogP contribution in [-0.2, 0) is 0 Å². The number of furan rings is 1. The predicted octanol–water partition coefficient (Wildman–Crippen LogP) is 10.1. The van der Waals surface area contributed by atoms with Crippen molar-refractivity contribution in [3.63, 3.8) is 0 Å². The van der Waals surface area contributed by atoms with Crippen molar-refractivity contribution in [2.45, 2.75) is 4.90 Å². The minimum absolute atomic E-state index is 0.360. The van der Waals surface area contributed by atoms with E-state index in [0.29, 0.717) is 0 Å². The number of thiol groups is 1. The van der Waals surface area contributed by atoms with Gasteiger partial charge in [0.15, 0.2) is 0 Å². The number of benzene rings is 7. The van der Waals surface area contributed by atoms with Gasteiger partial charge in [0.2, 0.25) is 7.28 Å². The summed E-state index contributed by atoms with van der Waals surface area (Å²) >= 11 is 4.44. The average Bonchev–Trinajstić information content (AvgIpc) is 3.92. The van der Waals surface area contributed by atoms with Crippen LogP contribution in [0.25, 0.3) is 71.7 Å². The zero-order chi connectivity index (χ0) is 51.9. The number of hydrogen-bond donors (Lipinski definition) is 1. The van der Waals surface area contributed by atoms with E-state index in [9.17, 15) is 8.22 Å². The SMILES string of the molecule is [2H]c1c([2H])c([2H])c(-c2c([2H])c(-c3c([2H])c([2H])c([2H])c4oc5c([2H])c([2H])c([2H])c([2H])c5c34)c([2H])c3c2[B]c2c([2H])c([2H])c(-n4c5c([2H])c([2H])c([2H])c([2H])c5c5c([2H])c([2H])c([2H])c([2H])c54)c([2H])c2O3)c(S)c1[2H]. The van der Waals surface area contributed by atoms with Gasteiger partial charge in [0, 0.05) is 38.2 Å². The van der Waals surface area contributed by atoms with Gasteiger partial charge in [-0.25, -0.2) is 0 Å². The van der Waals surface area contributed by atoms with Gasteiger partial charge in [0.25, 0.3) is 0 Å². The Kier molecular flexibility index (Phi) is 2.64. The summed E-state index contributed by atoms with van der Waals surface area (Å²) in [4.78, 5) is -0.444. The van der Waals surface area contributed by atoms with Crippen molar-refractivity contribution >= 4 is 74.6 Å². The molecule has 0 amide bonds. The van der Waals surface area contributed by atoms with Gasteiger partial charge >= 0.3 is 0 Å². The zero-order valence-electron chi connectivity index (χ0n) is 47.3. The van der Waals surface area contributed by atoms with Gasteiger partial charge in [-0.3, -0.25) is 0 Å². The molecule has 5 heteroatoms. The highest BCUT2D eigenvalue weighted by molar-refractivity contribution is 7.80. The first kappa shape index (κ1) is 12.2. The fourth-order valence-electron chi connectivity index (χ4n) is 5.67. The average molecular weight is 643 g/mol. The molecule has 0 saturated heterocycles. The molecule has 1 aliphatic heterocycles. The Bertz CT molecular complexity index is 3970. The van der Waals surface area contributed by atoms with Crippen LogP contribution in [0.4, 0.5) is 0 Å². The first-order chi connectivity index (χ1) is 33.2. The molecule has 0 aliphatic carbocycles. The first-order valence-electron chi connectivity index (χ1n) is 25.8. The molecule has 0 N–H and O–H groups in total. The van der Waals surface area contributed by atoms with Gasteiger partial charge < -0.3 is 13.7 Å². The highest BCUT2D eigenvalue weighted by Crippen LogP contribution is 2.41. The summed E-state index contributed by atoms with van der Waals surface area (Å²) < 4.78 is 226. The number of nitrogens with zero attached hydrogens (tertiary/aromatic N) is 1. The Morgan fingerprint density at radius 3 is 2.09 bits per heavy atom. The summed E-state index contributed by atoms with van der Waals surface area (Å²) in [5, 5.41) is -1.62. The van der Waals surface area contributed by atoms with Crippen LogP contribution in [0.5, 0.6) is 11.5 Å². The second-order valence-corrected chi connectivity index (χ2v) is 10.7. The quantitative estimate of drug-likeness (QED) is 0.153. The van der Waals surface area contributed by atoms with Crippen molar-refractivity contribution in [1.82, 2.24) is 4.57 Å². The summed E-state index contributed by atoms with van der Waals surface area (Å²) in [6, 6.07) is -18.7. The second kappa shape index (κ2) is 10.2. The summed E-state index contributed by atoms with van der Waals surface area (Å²) in [6.45, 7) is 0. The zero-order valence-corrected chi connectivity index (χ0v) is 24.2. The van der Waals surface area contributed by atoms with Crippen LogP contribution in [0.3, 0.4) is 0 Å². The van der Waals surface area contributed by atoms with Gasteiger partial charge in [-0.05, 0) is 81.5 Å². The summed E-state index contributed by atoms with van der Waals surface area (Å²) in [7, 11) is 1.09. The molecule has 219 valence electrons. The molecule has 1 aliphatic rings. The van der Waals surface area contributed by atoms with Crippen molar-refractivity contribution in [3.8, 4) is 39.4 Å². The fraction of sp³-hybridized carbons (Fsp3) is 0. The van der Waals surface area contributed by atoms with E-state index >= 15 is 0 Å². The molecular formula is C42H25BNO2S. The molecule has 1 radical (unpaired) electrons. The largest absolute Gasteiger partial charge is 0.458 e. The number of rotatable bonds is 3. The van der Waals surface area contributed by atoms with E-state index in [-0.39, 0.29) is 5.46 Å². The Hall–Kier alpha value is -5.65. The maximum Gasteiger partial charge on any atom is 0.202 e. The van der Waals surface area contributed by atoms with Crippen molar-refractivity contribution in [1.29, 1.82) is 0 Å². The molecule has 9 aromatic rings. The third-order valence-electron chi connectivity index (χ3n) is 7.66. The van der Waals surface area contributed by atoms with Gasteiger partial charge in [-0.1, -0.05) is 90.6 Å². The minimum atomic E-state index is -0.858. The molecule has 0 fully saturated rings. The van der Waals surface area contributed by atoms with Crippen LogP contribution in [0, 0.1) is 0 Å². The van der Waals surface area contributed by atoms with E-state index in [1.54, 1.807) is 0 Å². The van der Waals surface area contributed by atoms with Crippen molar-refractivity contribution < 1.29 is 42.1 Å². The first-order valence-corrected chi connectivity index (χ1v) is 14.2. The van der Waals surface area contributed by atoms with Crippen molar-refractivity contribution in [2.24, 2.45) is 0 Å². The fourth-order valence-corrected chi connectivity index (χ4v) is 5.89. The third kappa shape index (κ3) is 4.03. The molecule has 3 heterocycles. The Balaban J connectivity index is 1.38. The highest BCUT2D eigenvalue weighted by Gasteiger charge is 2.25. The molecule has 0 atom stereocenters. The molecule has 0 spiro atoms. The number of para-hydroxylation sites is 3. The van der Waals surface area contributed by atoms with E-state index in [1.807, 2.05) is 0 Å². The number of hydrogen-bond acceptors (Lipinski definition) is 3. The van der Waals surface area contributed by atoms with Gasteiger partial charge in [0.1, 0.15) is 22.7 Å². The van der Waals surface area contributed by atoms with Crippen LogP contribution in [0.1, 0.15) is 32.9 Å². The van der Waals surface area contributed by atoms with Gasteiger partial charge in [0.05, 0.1) is 43.9 Å². The predicted molar refractivity (Wildman–Crippen MR) is 198 cm³/mol. The Labute approximate surface area is 311 Å². The highest BCUT2D eigenvalue weighted by atomic mass is 32.1. The molecule has 0 saturated carbocycles. The lowest BCUT2D eigenvalue weighted by atomic mass is 9.59. The molecule has 0 unspecified atom stereocenters. The Morgan fingerprint density at radius 2 is 1.26 bits per heavy atom. The van der Waals surface area contributed by atoms with Crippen molar-refractivity contribution in [2.75, 3.05) is 0 Å². The molecule has 3 nitrogen and oxygen atoms in total. The number of fused-ring (bicyclic) bond motifs is 8. The third-order valence-corrected chi connectivity index (χ3v) is 7.99. The lowest BCUT2D eigenvalue weighted by Gasteiger charge is -2.25. The number of aromatic nitrogens is 1. The summed E-state index contributed by atoms with van der Waals surface area (Å²) in [5.74, 6) is -1.29. The molecule has 2 aromatic heterocycles. The topological polar surface area (TPSA) is 27.3 Å². The van der Waals surface area contributed by atoms with Crippen LogP contribution >= 0.6 is 12.6 Å². The Morgan fingerprint density at radius 1 is 0.574 bits per heavy atom. The smallest absolute Gasteiger partial charge is 0.202 e. The van der Waals surface area contributed by atoms with E-state index in [1.165, 1.54) is 0 Å². The monoisotopic (exact) mass is 642 g/mol. The maximum atomic E-state index is 9.86. The minimum Gasteiger partial charge on any atom is -0.458 e. The molecule has 7 aromatic carbocycles. The lowest BCUT2D eigenvalue weighted by Crippen LogP contribution is -2.35. The summed E-state index contributed by atoms with van der Waals surface area (Å²) in [6.07, 6.45) is 0. The molecule has 47 heavy (non-hydrogen) atoms. The second-order valence-electron chi connectivity index (χ2n) is 10.2. The molecule has 10 rings (SSSR count). The lowest BCUT2D eigenvalue weighted by molar-refractivity contribution is 0.488. The van der Waals surface area contributed by atoms with Crippen LogP contribution in [0.15, 0.2) is 154 Å². The molecule has 0 bridgehead atoms. The molecular weight excluding hydrogens is 593 g/mol. The van der Waals surface area contributed by atoms with Crippen LogP contribution in [0.2, 0.25) is 0 Å². The standard InChI is InChI=1S/C42H25BNO2S/c47-40-19-8-4-12-30(40)32-22-25(27-14-9-18-37-41(27)31-13-3-7-17-36(31)45-37)23-39-42(32)43-33-21-20-26(24-38(33)46-39)44-34-15-5-1-10-28(34)29-11-2-6-16-35(29)44/h1-24,47H/i1D,2D,3D,4D,5D,6D,7D,8D,9D,10D,11D,12D,13D,14D,15D,16D,17D,18D,19D,20D,21D,22D,23D,24D. The maximum absolute atomic E-state index is 9.86. The van der Waals surface area contributed by atoms with Crippen LogP contribution in [-0.4, -0.2) is 11.8 Å².